The van der Waals surface area contributed by atoms with Crippen molar-refractivity contribution in [3.8, 4) is 89.8 Å². The minimum Gasteiger partial charge on any atom is -0.456 e. The van der Waals surface area contributed by atoms with Crippen molar-refractivity contribution in [1.29, 1.82) is 0 Å². The lowest BCUT2D eigenvalue weighted by atomic mass is 9.79. The molecule has 0 N–H and O–H groups in total. The van der Waals surface area contributed by atoms with Gasteiger partial charge in [0.2, 0.25) is 0 Å². The van der Waals surface area contributed by atoms with Crippen LogP contribution in [0.5, 0.6) is 0 Å². The van der Waals surface area contributed by atoms with Crippen molar-refractivity contribution in [2.24, 2.45) is 0 Å². The third kappa shape index (κ3) is 6.34. The largest absolute Gasteiger partial charge is 0.456 e. The van der Waals surface area contributed by atoms with Crippen molar-refractivity contribution in [3.05, 3.63) is 223 Å². The summed E-state index contributed by atoms with van der Waals surface area (Å²) in [7, 11) is 0. The number of nitrogens with zero attached hydrogens (tertiary/aromatic N) is 3. The first-order valence-corrected chi connectivity index (χ1v) is 21.8. The Labute approximate surface area is 372 Å². The lowest BCUT2D eigenvalue weighted by molar-refractivity contribution is 0.662. The van der Waals surface area contributed by atoms with Gasteiger partial charge in [0.05, 0.1) is 0 Å². The minimum atomic E-state index is -0.155. The van der Waals surface area contributed by atoms with E-state index < -0.39 is 0 Å². The number of hydrogen-bond donors (Lipinski definition) is 0. The molecule has 2 aromatic heterocycles. The summed E-state index contributed by atoms with van der Waals surface area (Å²) < 4.78 is 6.57. The van der Waals surface area contributed by atoms with Crippen molar-refractivity contribution in [1.82, 2.24) is 15.0 Å². The summed E-state index contributed by atoms with van der Waals surface area (Å²) in [4.78, 5) is 15.6. The Morgan fingerprint density at radius 2 is 0.812 bits per heavy atom. The molecule has 0 amide bonds. The van der Waals surface area contributed by atoms with Gasteiger partial charge in [0.1, 0.15) is 11.2 Å². The number of aromatic nitrogens is 3. The summed E-state index contributed by atoms with van der Waals surface area (Å²) >= 11 is 0. The van der Waals surface area contributed by atoms with Gasteiger partial charge in [-0.25, -0.2) is 15.0 Å². The molecular weight excluding hydrogens is 779 g/mol. The van der Waals surface area contributed by atoms with Gasteiger partial charge in [-0.1, -0.05) is 196 Å². The number of rotatable bonds is 7. The molecule has 0 saturated carbocycles. The Morgan fingerprint density at radius 3 is 1.56 bits per heavy atom. The normalized spacial score (nSPS) is 12.7. The van der Waals surface area contributed by atoms with E-state index in [-0.39, 0.29) is 5.41 Å². The zero-order valence-electron chi connectivity index (χ0n) is 35.5. The zero-order chi connectivity index (χ0) is 42.8. The molecule has 1 aliphatic rings. The van der Waals surface area contributed by atoms with Crippen molar-refractivity contribution in [2.45, 2.75) is 19.3 Å². The highest BCUT2D eigenvalue weighted by molar-refractivity contribution is 6.13. The van der Waals surface area contributed by atoms with E-state index >= 15 is 0 Å². The number of furan rings is 1. The molecule has 0 atom stereocenters. The van der Waals surface area contributed by atoms with Gasteiger partial charge in [-0.05, 0) is 97.1 Å². The Bertz CT molecular complexity index is 3570. The molecule has 0 radical (unpaired) electrons. The molecule has 9 aromatic carbocycles. The number of benzene rings is 9. The second-order valence-corrected chi connectivity index (χ2v) is 17.2. The van der Waals surface area contributed by atoms with Gasteiger partial charge in [-0.15, -0.1) is 0 Å². The van der Waals surface area contributed by atoms with Crippen LogP contribution in [0.25, 0.3) is 112 Å². The predicted octanol–water partition coefficient (Wildman–Crippen LogP) is 15.7. The van der Waals surface area contributed by atoms with Crippen LogP contribution in [-0.4, -0.2) is 15.0 Å². The zero-order valence-corrected chi connectivity index (χ0v) is 35.5. The maximum Gasteiger partial charge on any atom is 0.164 e. The fraction of sp³-hybridized carbons (Fsp3) is 0.0500. The third-order valence-corrected chi connectivity index (χ3v) is 12.9. The molecule has 0 unspecified atom stereocenters. The summed E-state index contributed by atoms with van der Waals surface area (Å²) in [5.74, 6) is 1.78. The molecule has 0 aliphatic heterocycles. The summed E-state index contributed by atoms with van der Waals surface area (Å²) in [5, 5.41) is 2.14. The van der Waals surface area contributed by atoms with Crippen LogP contribution >= 0.6 is 0 Å². The van der Waals surface area contributed by atoms with Crippen LogP contribution in [0.3, 0.4) is 0 Å². The Hall–Kier alpha value is -8.21. The Kier molecular flexibility index (Phi) is 8.80. The van der Waals surface area contributed by atoms with Crippen LogP contribution in [0.1, 0.15) is 25.0 Å². The quantitative estimate of drug-likeness (QED) is 0.161. The van der Waals surface area contributed by atoms with Crippen LogP contribution in [0, 0.1) is 0 Å². The van der Waals surface area contributed by atoms with E-state index in [2.05, 4.69) is 208 Å². The molecule has 12 rings (SSSR count). The molecule has 2 heterocycles. The number of hydrogen-bond acceptors (Lipinski definition) is 4. The smallest absolute Gasteiger partial charge is 0.164 e. The van der Waals surface area contributed by atoms with Gasteiger partial charge < -0.3 is 4.42 Å². The van der Waals surface area contributed by atoms with Crippen molar-refractivity contribution in [2.75, 3.05) is 0 Å². The highest BCUT2D eigenvalue weighted by atomic mass is 16.3. The van der Waals surface area contributed by atoms with E-state index in [9.17, 15) is 0 Å². The second kappa shape index (κ2) is 15.0. The molecule has 1 aliphatic carbocycles. The maximum atomic E-state index is 6.57. The fourth-order valence-corrected chi connectivity index (χ4v) is 9.82. The van der Waals surface area contributed by atoms with Crippen molar-refractivity contribution >= 4 is 21.9 Å². The topological polar surface area (TPSA) is 51.8 Å². The standard InChI is InChI=1S/C60H41N3O/c1-60(2)52-27-10-9-23-49(52)50-26-13-25-48(56(50)60)44-21-12-22-45(36-44)58-61-57(41-31-29-39(30-32-41)43-20-11-19-42(35-43)38-15-5-3-6-16-38)62-59(63-58)46-33-34-51-54(37-46)64-53-28-14-24-47(55(51)53)40-17-7-4-8-18-40/h3-37H,1-2H3. The predicted molar refractivity (Wildman–Crippen MR) is 263 cm³/mol. The van der Waals surface area contributed by atoms with Crippen LogP contribution < -0.4 is 0 Å². The van der Waals surface area contributed by atoms with E-state index in [1.165, 1.54) is 38.9 Å². The monoisotopic (exact) mass is 819 g/mol. The summed E-state index contributed by atoms with van der Waals surface area (Å²) in [6, 6.07) is 74.9. The summed E-state index contributed by atoms with van der Waals surface area (Å²) in [5.41, 5.74) is 18.7. The van der Waals surface area contributed by atoms with Crippen molar-refractivity contribution in [3.63, 3.8) is 0 Å². The van der Waals surface area contributed by atoms with Gasteiger partial charge in [0, 0.05) is 32.9 Å². The van der Waals surface area contributed by atoms with Crippen LogP contribution in [0.2, 0.25) is 0 Å². The van der Waals surface area contributed by atoms with E-state index in [1.807, 2.05) is 18.2 Å². The first-order valence-electron chi connectivity index (χ1n) is 21.8. The molecule has 64 heavy (non-hydrogen) atoms. The average Bonchev–Trinajstić information content (AvgIpc) is 3.86. The molecule has 0 saturated heterocycles. The van der Waals surface area contributed by atoms with Gasteiger partial charge in [-0.3, -0.25) is 0 Å². The van der Waals surface area contributed by atoms with Crippen LogP contribution in [0.4, 0.5) is 0 Å². The van der Waals surface area contributed by atoms with Gasteiger partial charge >= 0.3 is 0 Å². The SMILES string of the molecule is CC1(C)c2ccccc2-c2cccc(-c3cccc(-c4nc(-c5ccc(-c6cccc(-c7ccccc7)c6)cc5)nc(-c5ccc6c(c5)oc5cccc(-c7ccccc7)c56)n4)c3)c21. The lowest BCUT2D eigenvalue weighted by Gasteiger charge is -2.24. The first kappa shape index (κ1) is 37.5. The summed E-state index contributed by atoms with van der Waals surface area (Å²) in [6.07, 6.45) is 0. The lowest BCUT2D eigenvalue weighted by Crippen LogP contribution is -2.16. The van der Waals surface area contributed by atoms with Gasteiger partial charge in [0.15, 0.2) is 17.5 Å². The molecule has 11 aromatic rings. The van der Waals surface area contributed by atoms with Crippen LogP contribution in [0.15, 0.2) is 217 Å². The van der Waals surface area contributed by atoms with Crippen LogP contribution in [-0.2, 0) is 5.41 Å². The third-order valence-electron chi connectivity index (χ3n) is 12.9. The van der Waals surface area contributed by atoms with E-state index in [4.69, 9.17) is 19.4 Å². The molecule has 302 valence electrons. The highest BCUT2D eigenvalue weighted by Gasteiger charge is 2.37. The van der Waals surface area contributed by atoms with E-state index in [1.54, 1.807) is 0 Å². The molecule has 0 spiro atoms. The molecular formula is C60H41N3O. The molecule has 4 nitrogen and oxygen atoms in total. The van der Waals surface area contributed by atoms with E-state index in [0.29, 0.717) is 17.5 Å². The Morgan fingerprint density at radius 1 is 0.328 bits per heavy atom. The van der Waals surface area contributed by atoms with Gasteiger partial charge in [-0.2, -0.15) is 0 Å². The second-order valence-electron chi connectivity index (χ2n) is 17.2. The molecule has 4 heteroatoms. The average molecular weight is 820 g/mol. The highest BCUT2D eigenvalue weighted by Crippen LogP contribution is 2.52. The Balaban J connectivity index is 0.982. The maximum absolute atomic E-state index is 6.57. The molecule has 0 bridgehead atoms. The molecule has 0 fully saturated rings. The minimum absolute atomic E-state index is 0.155. The van der Waals surface area contributed by atoms with Gasteiger partial charge in [0.25, 0.3) is 0 Å². The van der Waals surface area contributed by atoms with Crippen molar-refractivity contribution < 1.29 is 4.42 Å². The first-order chi connectivity index (χ1) is 31.5. The number of fused-ring (bicyclic) bond motifs is 6. The van der Waals surface area contributed by atoms with E-state index in [0.717, 1.165) is 66.4 Å². The fourth-order valence-electron chi connectivity index (χ4n) is 9.82. The summed E-state index contributed by atoms with van der Waals surface area (Å²) in [6.45, 7) is 4.67.